The fourth-order valence-corrected chi connectivity index (χ4v) is 2.10. The molecule has 0 bridgehead atoms. The molecule has 20 heavy (non-hydrogen) atoms. The molecular formula is C17H18O2S. The van der Waals surface area contributed by atoms with Crippen molar-refractivity contribution in [1.82, 2.24) is 0 Å². The lowest BCUT2D eigenvalue weighted by atomic mass is 10.3. The van der Waals surface area contributed by atoms with Crippen LogP contribution in [0.4, 0.5) is 0 Å². The van der Waals surface area contributed by atoms with Crippen molar-refractivity contribution in [3.63, 3.8) is 0 Å². The van der Waals surface area contributed by atoms with Crippen LogP contribution in [-0.2, 0) is 4.79 Å². The van der Waals surface area contributed by atoms with Gasteiger partial charge in [-0.15, -0.1) is 0 Å². The van der Waals surface area contributed by atoms with Gasteiger partial charge in [-0.2, -0.15) is 0 Å². The van der Waals surface area contributed by atoms with E-state index < -0.39 is 5.97 Å². The first-order chi connectivity index (χ1) is 9.63. The van der Waals surface area contributed by atoms with Crippen LogP contribution in [0.1, 0.15) is 13.8 Å². The number of hydrogen-bond donors (Lipinski definition) is 1. The van der Waals surface area contributed by atoms with Gasteiger partial charge in [-0.1, -0.05) is 54.2 Å². The summed E-state index contributed by atoms with van der Waals surface area (Å²) in [5, 5.41) is 8.11. The maximum Gasteiger partial charge on any atom is 0.330 e. The van der Waals surface area contributed by atoms with Gasteiger partial charge in [-0.3, -0.25) is 0 Å². The summed E-state index contributed by atoms with van der Waals surface area (Å²) in [5.41, 5.74) is 0.389. The molecule has 0 aliphatic rings. The number of allylic oxidation sites excluding steroid dienone is 1. The fraction of sp³-hybridized carbons (Fsp3) is 0.118. The first-order valence-corrected chi connectivity index (χ1v) is 7.09. The van der Waals surface area contributed by atoms with E-state index in [2.05, 4.69) is 48.5 Å². The minimum atomic E-state index is -0.845. The van der Waals surface area contributed by atoms with Crippen molar-refractivity contribution in [2.45, 2.75) is 23.6 Å². The van der Waals surface area contributed by atoms with E-state index in [1.807, 2.05) is 12.1 Å². The lowest BCUT2D eigenvalue weighted by Gasteiger charge is -1.99. The highest BCUT2D eigenvalue weighted by Crippen LogP contribution is 2.26. The van der Waals surface area contributed by atoms with Crippen molar-refractivity contribution < 1.29 is 9.90 Å². The molecule has 1 N–H and O–H groups in total. The molecule has 104 valence electrons. The van der Waals surface area contributed by atoms with E-state index in [0.717, 1.165) is 0 Å². The Morgan fingerprint density at radius 3 is 1.60 bits per heavy atom. The molecule has 2 aromatic carbocycles. The van der Waals surface area contributed by atoms with E-state index in [9.17, 15) is 4.79 Å². The average Bonchev–Trinajstić information content (AvgIpc) is 2.49. The lowest BCUT2D eigenvalue weighted by Crippen LogP contribution is -1.93. The fourth-order valence-electron chi connectivity index (χ4n) is 1.24. The van der Waals surface area contributed by atoms with E-state index in [1.54, 1.807) is 31.7 Å². The van der Waals surface area contributed by atoms with Gasteiger partial charge in [-0.05, 0) is 38.1 Å². The van der Waals surface area contributed by atoms with Crippen LogP contribution < -0.4 is 0 Å². The van der Waals surface area contributed by atoms with E-state index in [0.29, 0.717) is 5.57 Å². The van der Waals surface area contributed by atoms with Gasteiger partial charge in [0.15, 0.2) is 0 Å². The first-order valence-electron chi connectivity index (χ1n) is 6.27. The van der Waals surface area contributed by atoms with Crippen LogP contribution in [0.25, 0.3) is 0 Å². The number of carboxylic acid groups (broad SMARTS) is 1. The van der Waals surface area contributed by atoms with E-state index in [1.165, 1.54) is 9.79 Å². The van der Waals surface area contributed by atoms with Crippen molar-refractivity contribution in [1.29, 1.82) is 0 Å². The Bertz CT molecular complexity index is 510. The molecule has 0 radical (unpaired) electrons. The second-order valence-corrected chi connectivity index (χ2v) is 5.15. The zero-order valence-corrected chi connectivity index (χ0v) is 12.4. The highest BCUT2D eigenvalue weighted by molar-refractivity contribution is 7.99. The maximum atomic E-state index is 9.86. The van der Waals surface area contributed by atoms with Crippen LogP contribution in [0.15, 0.2) is 82.1 Å². The highest BCUT2D eigenvalue weighted by Gasteiger charge is 1.94. The summed E-state index contributed by atoms with van der Waals surface area (Å²) in [6.07, 6.45) is 1.56. The van der Waals surface area contributed by atoms with Gasteiger partial charge in [0.2, 0.25) is 0 Å². The Labute approximate surface area is 124 Å². The number of benzene rings is 2. The quantitative estimate of drug-likeness (QED) is 0.817. The summed E-state index contributed by atoms with van der Waals surface area (Å²) in [5.74, 6) is -0.845. The molecule has 0 aromatic heterocycles. The Balaban J connectivity index is 0.000000246. The van der Waals surface area contributed by atoms with Crippen LogP contribution in [-0.4, -0.2) is 11.1 Å². The molecule has 0 fully saturated rings. The Hall–Kier alpha value is -2.00. The summed E-state index contributed by atoms with van der Waals surface area (Å²) in [6, 6.07) is 20.8. The minimum Gasteiger partial charge on any atom is -0.478 e. The SMILES string of the molecule is CC=C(C)C(=O)O.c1ccc(Sc2ccccc2)cc1. The second kappa shape index (κ2) is 8.99. The zero-order chi connectivity index (χ0) is 14.8. The molecule has 0 heterocycles. The summed E-state index contributed by atoms with van der Waals surface area (Å²) in [7, 11) is 0. The normalized spacial score (nSPS) is 10.4. The molecule has 0 saturated carbocycles. The van der Waals surface area contributed by atoms with Crippen molar-refractivity contribution in [2.75, 3.05) is 0 Å². The smallest absolute Gasteiger partial charge is 0.330 e. The standard InChI is InChI=1S/C12H10S.C5H8O2/c1-3-7-11(8-4-1)13-12-9-5-2-6-10-12;1-3-4(2)5(6)7/h1-10H;3H,1-2H3,(H,6,7). The maximum absolute atomic E-state index is 9.86. The van der Waals surface area contributed by atoms with Gasteiger partial charge in [0.25, 0.3) is 0 Å². The molecule has 2 rings (SSSR count). The van der Waals surface area contributed by atoms with Crippen molar-refractivity contribution in [3.05, 3.63) is 72.3 Å². The Morgan fingerprint density at radius 1 is 0.950 bits per heavy atom. The molecule has 2 aromatic rings. The minimum absolute atomic E-state index is 0.389. The molecule has 2 nitrogen and oxygen atoms in total. The predicted octanol–water partition coefficient (Wildman–Crippen LogP) is 4.88. The Morgan fingerprint density at radius 2 is 1.35 bits per heavy atom. The number of aliphatic carboxylic acids is 1. The van der Waals surface area contributed by atoms with Crippen LogP contribution in [0, 0.1) is 0 Å². The molecule has 0 atom stereocenters. The first kappa shape index (κ1) is 16.1. The van der Waals surface area contributed by atoms with Crippen LogP contribution in [0.5, 0.6) is 0 Å². The molecule has 3 heteroatoms. The molecule has 0 aliphatic heterocycles. The third-order valence-corrected chi connectivity index (χ3v) is 3.51. The largest absolute Gasteiger partial charge is 0.478 e. The van der Waals surface area contributed by atoms with Gasteiger partial charge >= 0.3 is 5.97 Å². The van der Waals surface area contributed by atoms with E-state index >= 15 is 0 Å². The van der Waals surface area contributed by atoms with Crippen LogP contribution in [0.2, 0.25) is 0 Å². The molecule has 0 spiro atoms. The van der Waals surface area contributed by atoms with Gasteiger partial charge in [0.05, 0.1) is 0 Å². The molecule has 0 amide bonds. The van der Waals surface area contributed by atoms with E-state index in [4.69, 9.17) is 5.11 Å². The topological polar surface area (TPSA) is 37.3 Å². The Kier molecular flexibility index (Phi) is 7.22. The van der Waals surface area contributed by atoms with Gasteiger partial charge in [0, 0.05) is 15.4 Å². The van der Waals surface area contributed by atoms with Gasteiger partial charge < -0.3 is 5.11 Å². The summed E-state index contributed by atoms with van der Waals surface area (Å²) < 4.78 is 0. The third-order valence-electron chi connectivity index (χ3n) is 2.49. The van der Waals surface area contributed by atoms with Crippen LogP contribution >= 0.6 is 11.8 Å². The number of hydrogen-bond acceptors (Lipinski definition) is 2. The second-order valence-electron chi connectivity index (χ2n) is 4.01. The number of carbonyl (C=O) groups is 1. The molecular weight excluding hydrogens is 268 g/mol. The number of carboxylic acids is 1. The van der Waals surface area contributed by atoms with Crippen molar-refractivity contribution in [3.8, 4) is 0 Å². The highest BCUT2D eigenvalue weighted by atomic mass is 32.2. The molecule has 0 aliphatic carbocycles. The average molecular weight is 286 g/mol. The summed E-state index contributed by atoms with van der Waals surface area (Å²) in [4.78, 5) is 12.4. The molecule has 0 unspecified atom stereocenters. The lowest BCUT2D eigenvalue weighted by molar-refractivity contribution is -0.132. The van der Waals surface area contributed by atoms with E-state index in [-0.39, 0.29) is 0 Å². The summed E-state index contributed by atoms with van der Waals surface area (Å²) in [6.45, 7) is 3.26. The van der Waals surface area contributed by atoms with Gasteiger partial charge in [0.1, 0.15) is 0 Å². The summed E-state index contributed by atoms with van der Waals surface area (Å²) >= 11 is 1.79. The van der Waals surface area contributed by atoms with Crippen LogP contribution in [0.3, 0.4) is 0 Å². The zero-order valence-electron chi connectivity index (χ0n) is 11.6. The number of rotatable bonds is 3. The van der Waals surface area contributed by atoms with Crippen molar-refractivity contribution in [2.24, 2.45) is 0 Å². The van der Waals surface area contributed by atoms with Crippen molar-refractivity contribution >= 4 is 17.7 Å². The predicted molar refractivity (Wildman–Crippen MR) is 84.1 cm³/mol. The monoisotopic (exact) mass is 286 g/mol. The molecule has 0 saturated heterocycles. The van der Waals surface area contributed by atoms with Gasteiger partial charge in [-0.25, -0.2) is 4.79 Å². The third kappa shape index (κ3) is 6.25.